The third-order valence-electron chi connectivity index (χ3n) is 5.65. The molecule has 4 aromatic rings. The van der Waals surface area contributed by atoms with Gasteiger partial charge in [0.15, 0.2) is 6.23 Å². The van der Waals surface area contributed by atoms with Gasteiger partial charge in [-0.25, -0.2) is 0 Å². The largest absolute Gasteiger partial charge is 0.508 e. The molecule has 6 nitrogen and oxygen atoms in total. The number of nitrogens with zero attached hydrogens (tertiary/aromatic N) is 1. The Morgan fingerprint density at radius 3 is 2.63 bits per heavy atom. The van der Waals surface area contributed by atoms with Crippen molar-refractivity contribution in [2.75, 3.05) is 6.61 Å². The van der Waals surface area contributed by atoms with Crippen LogP contribution < -0.4 is 5.32 Å². The molecule has 1 amide bonds. The molecule has 1 aliphatic heterocycles. The van der Waals surface area contributed by atoms with Gasteiger partial charge in [-0.15, -0.1) is 0 Å². The zero-order valence-electron chi connectivity index (χ0n) is 15.9. The maximum Gasteiger partial charge on any atom is 0.254 e. The monoisotopic (exact) mass is 422 g/mol. The van der Waals surface area contributed by atoms with E-state index in [1.54, 1.807) is 24.3 Å². The van der Waals surface area contributed by atoms with Gasteiger partial charge in [-0.05, 0) is 42.3 Å². The fourth-order valence-corrected chi connectivity index (χ4v) is 4.66. The minimum atomic E-state index is -1.16. The number of benzene rings is 3. The lowest BCUT2D eigenvalue weighted by Crippen LogP contribution is -2.18. The smallest absolute Gasteiger partial charge is 0.254 e. The second-order valence-corrected chi connectivity index (χ2v) is 7.80. The highest BCUT2D eigenvalue weighted by Crippen LogP contribution is 2.44. The predicted octanol–water partition coefficient (Wildman–Crippen LogP) is 3.94. The molecule has 7 heteroatoms. The second kappa shape index (κ2) is 7.02. The van der Waals surface area contributed by atoms with E-state index < -0.39 is 6.23 Å². The maximum atomic E-state index is 12.9. The molecule has 1 atom stereocenters. The van der Waals surface area contributed by atoms with Crippen LogP contribution in [0.2, 0.25) is 5.02 Å². The number of hydrogen-bond acceptors (Lipinski definition) is 4. The van der Waals surface area contributed by atoms with Gasteiger partial charge in [0.05, 0.1) is 11.1 Å². The topological polar surface area (TPSA) is 94.7 Å². The highest BCUT2D eigenvalue weighted by Gasteiger charge is 2.34. The molecule has 0 fully saturated rings. The Morgan fingerprint density at radius 1 is 1.07 bits per heavy atom. The van der Waals surface area contributed by atoms with Gasteiger partial charge in [0.2, 0.25) is 0 Å². The average Bonchev–Trinajstić information content (AvgIpc) is 3.19. The summed E-state index contributed by atoms with van der Waals surface area (Å²) >= 11 is 6.46. The summed E-state index contributed by atoms with van der Waals surface area (Å²) in [5, 5.41) is 34.6. The minimum absolute atomic E-state index is 0.0285. The number of aliphatic hydroxyl groups is 2. The zero-order valence-corrected chi connectivity index (χ0v) is 16.6. The first-order valence-electron chi connectivity index (χ1n) is 9.67. The van der Waals surface area contributed by atoms with Crippen molar-refractivity contribution < 1.29 is 20.1 Å². The van der Waals surface area contributed by atoms with Crippen LogP contribution in [0, 0.1) is 0 Å². The number of fused-ring (bicyclic) bond motifs is 5. The Balaban J connectivity index is 1.97. The summed E-state index contributed by atoms with van der Waals surface area (Å²) in [6, 6.07) is 14.2. The number of phenols is 1. The zero-order chi connectivity index (χ0) is 21.0. The first kappa shape index (κ1) is 18.9. The van der Waals surface area contributed by atoms with E-state index in [-0.39, 0.29) is 18.3 Å². The molecule has 1 aliphatic rings. The second-order valence-electron chi connectivity index (χ2n) is 7.39. The average molecular weight is 423 g/mol. The van der Waals surface area contributed by atoms with Crippen molar-refractivity contribution in [1.82, 2.24) is 9.88 Å². The quantitative estimate of drug-likeness (QED) is 0.400. The SMILES string of the molecule is O=C1NC(O)c2c(-c3ccccc3Cl)cc3c(c21)c1cc(O)ccc1n3CCCO. The number of aromatic hydroxyl groups is 1. The van der Waals surface area contributed by atoms with Crippen molar-refractivity contribution in [1.29, 1.82) is 0 Å². The van der Waals surface area contributed by atoms with Gasteiger partial charge in [-0.3, -0.25) is 4.79 Å². The number of aliphatic hydroxyl groups excluding tert-OH is 2. The molecule has 30 heavy (non-hydrogen) atoms. The van der Waals surface area contributed by atoms with Crippen molar-refractivity contribution in [2.24, 2.45) is 0 Å². The van der Waals surface area contributed by atoms with E-state index in [2.05, 4.69) is 5.32 Å². The number of halogens is 1. The third kappa shape index (κ3) is 2.69. The number of aryl methyl sites for hydroxylation is 1. The summed E-state index contributed by atoms with van der Waals surface area (Å²) in [7, 11) is 0. The van der Waals surface area contributed by atoms with E-state index in [0.717, 1.165) is 16.6 Å². The van der Waals surface area contributed by atoms with E-state index in [1.807, 2.05) is 28.8 Å². The van der Waals surface area contributed by atoms with Crippen LogP contribution in [0.1, 0.15) is 28.6 Å². The fraction of sp³-hybridized carbons (Fsp3) is 0.174. The van der Waals surface area contributed by atoms with Crippen molar-refractivity contribution >= 4 is 39.3 Å². The third-order valence-corrected chi connectivity index (χ3v) is 5.98. The van der Waals surface area contributed by atoms with Gasteiger partial charge in [0.25, 0.3) is 5.91 Å². The maximum absolute atomic E-state index is 12.9. The number of phenolic OH excluding ortho intramolecular Hbond substituents is 1. The lowest BCUT2D eigenvalue weighted by molar-refractivity contribution is 0.0852. The highest BCUT2D eigenvalue weighted by atomic mass is 35.5. The van der Waals surface area contributed by atoms with Crippen LogP contribution in [0.25, 0.3) is 32.9 Å². The summed E-state index contributed by atoms with van der Waals surface area (Å²) in [6.45, 7) is 0.562. The Morgan fingerprint density at radius 2 is 1.87 bits per heavy atom. The van der Waals surface area contributed by atoms with Crippen LogP contribution in [0.3, 0.4) is 0 Å². The van der Waals surface area contributed by atoms with Crippen LogP contribution in [0.4, 0.5) is 0 Å². The molecule has 0 aliphatic carbocycles. The van der Waals surface area contributed by atoms with Gasteiger partial charge >= 0.3 is 0 Å². The van der Waals surface area contributed by atoms with Crippen LogP contribution in [0.15, 0.2) is 48.5 Å². The molecule has 0 saturated heterocycles. The standard InChI is InChI=1S/C23H19ClN2O4/c24-16-5-2-1-4-13(16)14-11-18-19(21-20(14)22(29)25-23(21)30)15-10-12(28)6-7-17(15)26(18)8-3-9-27/h1-2,4-7,10-11,22,27-29H,3,8-9H2,(H,25,30). The van der Waals surface area contributed by atoms with Crippen molar-refractivity contribution in [3.8, 4) is 16.9 Å². The van der Waals surface area contributed by atoms with Crippen LogP contribution in [-0.2, 0) is 6.54 Å². The Kier molecular flexibility index (Phi) is 4.43. The first-order chi connectivity index (χ1) is 14.5. The molecule has 1 unspecified atom stereocenters. The number of carbonyl (C=O) groups excluding carboxylic acids is 1. The molecule has 152 valence electrons. The van der Waals surface area contributed by atoms with Gasteiger partial charge in [-0.2, -0.15) is 0 Å². The molecule has 0 saturated carbocycles. The summed E-state index contributed by atoms with van der Waals surface area (Å²) in [5.74, 6) is -0.285. The number of hydrogen-bond donors (Lipinski definition) is 4. The number of aromatic nitrogens is 1. The van der Waals surface area contributed by atoms with Crippen molar-refractivity contribution in [3.05, 3.63) is 64.7 Å². The normalized spacial score (nSPS) is 15.7. The molecule has 1 aromatic heterocycles. The minimum Gasteiger partial charge on any atom is -0.508 e. The van der Waals surface area contributed by atoms with Crippen molar-refractivity contribution in [2.45, 2.75) is 19.2 Å². The molecule has 0 spiro atoms. The Hall–Kier alpha value is -3.06. The Bertz CT molecular complexity index is 1330. The van der Waals surface area contributed by atoms with Crippen molar-refractivity contribution in [3.63, 3.8) is 0 Å². The summed E-state index contributed by atoms with van der Waals surface area (Å²) < 4.78 is 2.03. The first-order valence-corrected chi connectivity index (χ1v) is 10.1. The molecule has 2 heterocycles. The van der Waals surface area contributed by atoms with E-state index in [1.165, 1.54) is 0 Å². The molecule has 0 bridgehead atoms. The van der Waals surface area contributed by atoms with Crippen LogP contribution in [-0.4, -0.2) is 32.4 Å². The lowest BCUT2D eigenvalue weighted by Gasteiger charge is -2.14. The fourth-order valence-electron chi connectivity index (χ4n) is 4.42. The van der Waals surface area contributed by atoms with E-state index >= 15 is 0 Å². The number of nitrogens with one attached hydrogen (secondary N) is 1. The Labute approximate surface area is 176 Å². The van der Waals surface area contributed by atoms with Gasteiger partial charge in [0.1, 0.15) is 5.75 Å². The molecule has 5 rings (SSSR count). The molecule has 0 radical (unpaired) electrons. The highest BCUT2D eigenvalue weighted by molar-refractivity contribution is 6.33. The summed E-state index contributed by atoms with van der Waals surface area (Å²) in [5.41, 5.74) is 3.87. The van der Waals surface area contributed by atoms with Gasteiger partial charge in [-0.1, -0.05) is 29.8 Å². The lowest BCUT2D eigenvalue weighted by atomic mass is 9.92. The summed E-state index contributed by atoms with van der Waals surface area (Å²) in [6.07, 6.45) is -0.621. The van der Waals surface area contributed by atoms with E-state index in [4.69, 9.17) is 11.6 Å². The number of rotatable bonds is 4. The molecule has 3 aromatic carbocycles. The van der Waals surface area contributed by atoms with E-state index in [9.17, 15) is 20.1 Å². The predicted molar refractivity (Wildman–Crippen MR) is 116 cm³/mol. The van der Waals surface area contributed by atoms with Crippen LogP contribution >= 0.6 is 11.6 Å². The van der Waals surface area contributed by atoms with Crippen LogP contribution in [0.5, 0.6) is 5.75 Å². The number of amides is 1. The van der Waals surface area contributed by atoms with Gasteiger partial charge in [0, 0.05) is 45.6 Å². The number of carbonyl (C=O) groups is 1. The molecule has 4 N–H and O–H groups in total. The molecular weight excluding hydrogens is 404 g/mol. The van der Waals surface area contributed by atoms with Gasteiger partial charge < -0.3 is 25.2 Å². The van der Waals surface area contributed by atoms with E-state index in [0.29, 0.717) is 45.5 Å². The summed E-state index contributed by atoms with van der Waals surface area (Å²) in [4.78, 5) is 12.9. The molecular formula is C23H19ClN2O4.